The van der Waals surface area contributed by atoms with E-state index in [1.165, 1.54) is 4.57 Å². The lowest BCUT2D eigenvalue weighted by Gasteiger charge is -2.38. The highest BCUT2D eigenvalue weighted by Gasteiger charge is 2.55. The number of carbonyl (C=O) groups excluding carboxylic acids is 1. The first-order chi connectivity index (χ1) is 11.3. The summed E-state index contributed by atoms with van der Waals surface area (Å²) in [6.07, 6.45) is 3.55. The molecule has 2 fully saturated rings. The number of fused-ring (bicyclic) bond motifs is 1. The maximum atomic E-state index is 13.0. The molecule has 1 saturated carbocycles. The van der Waals surface area contributed by atoms with Gasteiger partial charge in [0.2, 0.25) is 0 Å². The number of aliphatic carboxylic acids is 1. The van der Waals surface area contributed by atoms with Crippen LogP contribution in [0.2, 0.25) is 0 Å². The largest absolute Gasteiger partial charge is 0.481 e. The first kappa shape index (κ1) is 17.2. The molecule has 1 aliphatic carbocycles. The molecule has 6 nitrogen and oxygen atoms in total. The molecule has 1 N–H and O–H groups in total. The molecular formula is C17H21BrN2O4. The van der Waals surface area contributed by atoms with Gasteiger partial charge in [-0.1, -0.05) is 12.8 Å². The average molecular weight is 397 g/mol. The van der Waals surface area contributed by atoms with Gasteiger partial charge in [0.15, 0.2) is 0 Å². The number of hydrogen-bond acceptors (Lipinski definition) is 3. The summed E-state index contributed by atoms with van der Waals surface area (Å²) in [5, 5.41) is 9.74. The quantitative estimate of drug-likeness (QED) is 0.831. The number of amides is 1. The number of nitrogens with zero attached hydrogens (tertiary/aromatic N) is 2. The van der Waals surface area contributed by atoms with Crippen molar-refractivity contribution in [3.63, 3.8) is 0 Å². The monoisotopic (exact) mass is 396 g/mol. The van der Waals surface area contributed by atoms with Gasteiger partial charge in [0.25, 0.3) is 11.5 Å². The summed E-state index contributed by atoms with van der Waals surface area (Å²) in [6, 6.07) is 1.24. The molecule has 2 heterocycles. The fourth-order valence-electron chi connectivity index (χ4n) is 4.14. The Morgan fingerprint density at radius 3 is 2.71 bits per heavy atom. The number of pyridine rings is 1. The molecule has 0 aromatic carbocycles. The minimum absolute atomic E-state index is 0.0988. The molecule has 2 atom stereocenters. The first-order valence-electron chi connectivity index (χ1n) is 8.20. The Morgan fingerprint density at radius 1 is 1.33 bits per heavy atom. The van der Waals surface area contributed by atoms with Crippen LogP contribution < -0.4 is 5.56 Å². The molecule has 24 heavy (non-hydrogen) atoms. The van der Waals surface area contributed by atoms with Gasteiger partial charge in [0.1, 0.15) is 5.56 Å². The molecule has 1 amide bonds. The predicted octanol–water partition coefficient (Wildman–Crippen LogP) is 2.32. The predicted molar refractivity (Wildman–Crippen MR) is 92.1 cm³/mol. The van der Waals surface area contributed by atoms with Crippen molar-refractivity contribution in [1.29, 1.82) is 0 Å². The van der Waals surface area contributed by atoms with Gasteiger partial charge in [-0.3, -0.25) is 14.4 Å². The highest BCUT2D eigenvalue weighted by Crippen LogP contribution is 2.47. The van der Waals surface area contributed by atoms with Gasteiger partial charge in [0.05, 0.1) is 5.41 Å². The minimum Gasteiger partial charge on any atom is -0.481 e. The van der Waals surface area contributed by atoms with Crippen LogP contribution in [0.5, 0.6) is 0 Å². The van der Waals surface area contributed by atoms with Crippen molar-refractivity contribution < 1.29 is 14.7 Å². The maximum absolute atomic E-state index is 13.0. The Hall–Kier alpha value is -1.63. The lowest BCUT2D eigenvalue weighted by molar-refractivity contribution is -0.152. The van der Waals surface area contributed by atoms with Crippen LogP contribution >= 0.6 is 15.9 Å². The Morgan fingerprint density at radius 2 is 2.04 bits per heavy atom. The molecule has 130 valence electrons. The van der Waals surface area contributed by atoms with Crippen LogP contribution in [0.15, 0.2) is 15.3 Å². The van der Waals surface area contributed by atoms with Crippen molar-refractivity contribution in [2.75, 3.05) is 6.54 Å². The molecule has 1 aliphatic heterocycles. The molecule has 0 bridgehead atoms. The van der Waals surface area contributed by atoms with Crippen LogP contribution in [-0.4, -0.2) is 39.0 Å². The molecule has 1 aromatic heterocycles. The number of aromatic nitrogens is 1. The van der Waals surface area contributed by atoms with E-state index in [0.717, 1.165) is 18.5 Å². The first-order valence-corrected chi connectivity index (χ1v) is 8.99. The van der Waals surface area contributed by atoms with E-state index in [0.29, 0.717) is 30.3 Å². The van der Waals surface area contributed by atoms with E-state index in [4.69, 9.17) is 0 Å². The van der Waals surface area contributed by atoms with Gasteiger partial charge < -0.3 is 14.6 Å². The van der Waals surface area contributed by atoms with Crippen LogP contribution in [0.3, 0.4) is 0 Å². The Labute approximate surface area is 148 Å². The SMILES string of the molecule is Cc1c(Br)cc(C(=O)N2CC[C@]3(C(=O)O)CCCC[C@H]23)c(=O)n1C. The zero-order valence-corrected chi connectivity index (χ0v) is 15.4. The molecular weight excluding hydrogens is 376 g/mol. The molecule has 1 saturated heterocycles. The van der Waals surface area contributed by atoms with E-state index in [1.54, 1.807) is 24.9 Å². The van der Waals surface area contributed by atoms with Crippen molar-refractivity contribution >= 4 is 27.8 Å². The summed E-state index contributed by atoms with van der Waals surface area (Å²) in [7, 11) is 1.63. The van der Waals surface area contributed by atoms with Crippen LogP contribution in [-0.2, 0) is 11.8 Å². The minimum atomic E-state index is -0.846. The molecule has 1 aromatic rings. The number of hydrogen-bond donors (Lipinski definition) is 1. The lowest BCUT2D eigenvalue weighted by atomic mass is 9.70. The zero-order chi connectivity index (χ0) is 17.6. The molecule has 0 spiro atoms. The lowest BCUT2D eigenvalue weighted by Crippen LogP contribution is -2.49. The third-order valence-electron chi connectivity index (χ3n) is 5.74. The van der Waals surface area contributed by atoms with E-state index in [2.05, 4.69) is 15.9 Å². The number of carbonyl (C=O) groups is 2. The fourth-order valence-corrected chi connectivity index (χ4v) is 4.63. The fraction of sp³-hybridized carbons (Fsp3) is 0.588. The van der Waals surface area contributed by atoms with E-state index in [1.807, 2.05) is 0 Å². The Kier molecular flexibility index (Phi) is 4.32. The normalized spacial score (nSPS) is 26.3. The number of likely N-dealkylation sites (tertiary alicyclic amines) is 1. The van der Waals surface area contributed by atoms with Gasteiger partial charge in [-0.25, -0.2) is 0 Å². The van der Waals surface area contributed by atoms with Crippen LogP contribution in [0.1, 0.15) is 48.2 Å². The Balaban J connectivity index is 2.00. The topological polar surface area (TPSA) is 79.6 Å². The second-order valence-corrected chi connectivity index (χ2v) is 7.68. The molecule has 7 heteroatoms. The van der Waals surface area contributed by atoms with Gasteiger partial charge in [0, 0.05) is 29.8 Å². The highest BCUT2D eigenvalue weighted by molar-refractivity contribution is 9.10. The van der Waals surface area contributed by atoms with Crippen LogP contribution in [0, 0.1) is 12.3 Å². The van der Waals surface area contributed by atoms with Crippen molar-refractivity contribution in [3.8, 4) is 0 Å². The molecule has 2 aliphatic rings. The van der Waals surface area contributed by atoms with Crippen LogP contribution in [0.4, 0.5) is 0 Å². The number of halogens is 1. The summed E-state index contributed by atoms with van der Waals surface area (Å²) in [5.74, 6) is -1.17. The molecule has 0 unspecified atom stereocenters. The highest BCUT2D eigenvalue weighted by atomic mass is 79.9. The van der Waals surface area contributed by atoms with E-state index < -0.39 is 11.4 Å². The third kappa shape index (κ3) is 2.41. The molecule has 0 radical (unpaired) electrons. The zero-order valence-electron chi connectivity index (χ0n) is 13.8. The van der Waals surface area contributed by atoms with Crippen molar-refractivity contribution in [2.45, 2.75) is 45.1 Å². The molecule has 3 rings (SSSR count). The van der Waals surface area contributed by atoms with Crippen molar-refractivity contribution in [2.24, 2.45) is 12.5 Å². The maximum Gasteiger partial charge on any atom is 0.311 e. The smallest absolute Gasteiger partial charge is 0.311 e. The summed E-state index contributed by atoms with van der Waals surface area (Å²) >= 11 is 3.39. The number of rotatable bonds is 2. The summed E-state index contributed by atoms with van der Waals surface area (Å²) in [4.78, 5) is 39.0. The summed E-state index contributed by atoms with van der Waals surface area (Å²) < 4.78 is 2.14. The Bertz CT molecular complexity index is 773. The van der Waals surface area contributed by atoms with Crippen molar-refractivity contribution in [3.05, 3.63) is 32.2 Å². The second kappa shape index (κ2) is 6.02. The number of carboxylic acids is 1. The summed E-state index contributed by atoms with van der Waals surface area (Å²) in [6.45, 7) is 2.19. The van der Waals surface area contributed by atoms with Gasteiger partial charge >= 0.3 is 5.97 Å². The third-order valence-corrected chi connectivity index (χ3v) is 6.54. The van der Waals surface area contributed by atoms with Gasteiger partial charge in [-0.15, -0.1) is 0 Å². The van der Waals surface area contributed by atoms with E-state index in [-0.39, 0.29) is 23.1 Å². The average Bonchev–Trinajstić information content (AvgIpc) is 2.96. The van der Waals surface area contributed by atoms with Crippen molar-refractivity contribution in [1.82, 2.24) is 9.47 Å². The second-order valence-electron chi connectivity index (χ2n) is 6.83. The van der Waals surface area contributed by atoms with Gasteiger partial charge in [-0.2, -0.15) is 0 Å². The number of carboxylic acid groups (broad SMARTS) is 1. The van der Waals surface area contributed by atoms with E-state index in [9.17, 15) is 19.5 Å². The van der Waals surface area contributed by atoms with Crippen LogP contribution in [0.25, 0.3) is 0 Å². The van der Waals surface area contributed by atoms with E-state index >= 15 is 0 Å². The standard InChI is InChI=1S/C17H21BrN2O4/c1-10-12(18)9-11(14(21)19(10)2)15(22)20-8-7-17(16(23)24)6-4-3-5-13(17)20/h9,13H,3-8H2,1-2H3,(H,23,24)/t13-,17+/m0/s1. The van der Waals surface area contributed by atoms with Gasteiger partial charge in [-0.05, 0) is 48.2 Å². The summed E-state index contributed by atoms with van der Waals surface area (Å²) in [5.41, 5.74) is -0.345.